The Morgan fingerprint density at radius 1 is 1.10 bits per heavy atom. The van der Waals surface area contributed by atoms with Gasteiger partial charge in [0.2, 0.25) is 0 Å². The highest BCUT2D eigenvalue weighted by atomic mass is 32.2. The first-order valence-electron chi connectivity index (χ1n) is 6.87. The van der Waals surface area contributed by atoms with Crippen molar-refractivity contribution in [2.45, 2.75) is 24.7 Å². The van der Waals surface area contributed by atoms with Crippen LogP contribution >= 0.6 is 0 Å². The zero-order valence-corrected chi connectivity index (χ0v) is 12.5. The summed E-state index contributed by atoms with van der Waals surface area (Å²) in [6, 6.07) is 11.4. The van der Waals surface area contributed by atoms with Crippen molar-refractivity contribution in [3.05, 3.63) is 59.4 Å². The Balaban J connectivity index is 2.12. The number of hydrogen-bond donors (Lipinski definition) is 0. The average Bonchev–Trinajstić information content (AvgIpc) is 2.47. The van der Waals surface area contributed by atoms with Crippen molar-refractivity contribution in [2.75, 3.05) is 10.8 Å². The quantitative estimate of drug-likeness (QED) is 0.854. The third kappa shape index (κ3) is 2.42. The zero-order valence-electron chi connectivity index (χ0n) is 11.7. The molecule has 0 saturated heterocycles. The van der Waals surface area contributed by atoms with Gasteiger partial charge in [-0.25, -0.2) is 12.8 Å². The number of halogens is 1. The van der Waals surface area contributed by atoms with Gasteiger partial charge >= 0.3 is 0 Å². The molecular formula is C16H16FNO2S. The molecule has 110 valence electrons. The molecule has 1 aliphatic rings. The van der Waals surface area contributed by atoms with Gasteiger partial charge in [0.25, 0.3) is 10.0 Å². The Labute approximate surface area is 124 Å². The molecule has 21 heavy (non-hydrogen) atoms. The lowest BCUT2D eigenvalue weighted by atomic mass is 10.0. The fourth-order valence-electron chi connectivity index (χ4n) is 2.64. The fourth-order valence-corrected chi connectivity index (χ4v) is 4.19. The minimum atomic E-state index is -3.72. The van der Waals surface area contributed by atoms with Gasteiger partial charge in [0, 0.05) is 6.54 Å². The third-order valence-electron chi connectivity index (χ3n) is 3.74. The number of para-hydroxylation sites is 1. The van der Waals surface area contributed by atoms with Gasteiger partial charge in [-0.3, -0.25) is 4.31 Å². The first-order chi connectivity index (χ1) is 10.00. The molecule has 0 aromatic heterocycles. The average molecular weight is 305 g/mol. The molecule has 0 saturated carbocycles. The standard InChI is InChI=1S/C16H16FNO2S/c1-12-7-9-14(10-8-12)21(19,20)18-11-3-5-13-4-2-6-15(17)16(13)18/h2,4,6-10H,3,5,11H2,1H3. The maximum absolute atomic E-state index is 14.1. The van der Waals surface area contributed by atoms with E-state index in [1.807, 2.05) is 6.92 Å². The Kier molecular flexibility index (Phi) is 3.45. The van der Waals surface area contributed by atoms with Crippen molar-refractivity contribution in [3.63, 3.8) is 0 Å². The Hall–Kier alpha value is -1.88. The summed E-state index contributed by atoms with van der Waals surface area (Å²) in [5, 5.41) is 0. The van der Waals surface area contributed by atoms with E-state index in [4.69, 9.17) is 0 Å². The van der Waals surface area contributed by atoms with Crippen molar-refractivity contribution in [3.8, 4) is 0 Å². The lowest BCUT2D eigenvalue weighted by Crippen LogP contribution is -2.36. The molecule has 0 unspecified atom stereocenters. The van der Waals surface area contributed by atoms with Crippen molar-refractivity contribution in [1.82, 2.24) is 0 Å². The van der Waals surface area contributed by atoms with E-state index in [9.17, 15) is 12.8 Å². The summed E-state index contributed by atoms with van der Waals surface area (Å²) in [6.07, 6.45) is 1.40. The molecule has 1 heterocycles. The number of aryl methyl sites for hydroxylation is 2. The molecule has 0 radical (unpaired) electrons. The summed E-state index contributed by atoms with van der Waals surface area (Å²) in [6.45, 7) is 2.20. The van der Waals surface area contributed by atoms with Gasteiger partial charge in [-0.2, -0.15) is 0 Å². The number of benzene rings is 2. The first kappa shape index (κ1) is 14.1. The molecule has 0 aliphatic carbocycles. The van der Waals surface area contributed by atoms with Crippen LogP contribution in [-0.2, 0) is 16.4 Å². The van der Waals surface area contributed by atoms with Crippen LogP contribution in [0, 0.1) is 12.7 Å². The van der Waals surface area contributed by atoms with E-state index in [0.29, 0.717) is 19.4 Å². The van der Waals surface area contributed by atoms with Gasteiger partial charge in [-0.05, 0) is 43.5 Å². The molecule has 1 aliphatic heterocycles. The summed E-state index contributed by atoms with van der Waals surface area (Å²) in [4.78, 5) is 0.198. The number of hydrogen-bond acceptors (Lipinski definition) is 2. The summed E-state index contributed by atoms with van der Waals surface area (Å²) < 4.78 is 40.9. The second kappa shape index (κ2) is 5.15. The Bertz CT molecular complexity index is 769. The van der Waals surface area contributed by atoms with E-state index < -0.39 is 15.8 Å². The molecule has 3 rings (SSSR count). The number of sulfonamides is 1. The molecular weight excluding hydrogens is 289 g/mol. The minimum absolute atomic E-state index is 0.198. The van der Waals surface area contributed by atoms with Crippen LogP contribution in [0.3, 0.4) is 0 Å². The minimum Gasteiger partial charge on any atom is -0.263 e. The first-order valence-corrected chi connectivity index (χ1v) is 8.31. The Morgan fingerprint density at radius 2 is 1.81 bits per heavy atom. The number of fused-ring (bicyclic) bond motifs is 1. The third-order valence-corrected chi connectivity index (χ3v) is 5.55. The highest BCUT2D eigenvalue weighted by Crippen LogP contribution is 2.34. The second-order valence-corrected chi connectivity index (χ2v) is 7.10. The summed E-state index contributed by atoms with van der Waals surface area (Å²) >= 11 is 0. The van der Waals surface area contributed by atoms with Gasteiger partial charge < -0.3 is 0 Å². The van der Waals surface area contributed by atoms with Crippen molar-refractivity contribution >= 4 is 15.7 Å². The molecule has 0 bridgehead atoms. The van der Waals surface area contributed by atoms with Crippen LogP contribution in [0.2, 0.25) is 0 Å². The van der Waals surface area contributed by atoms with Crippen molar-refractivity contribution in [1.29, 1.82) is 0 Å². The van der Waals surface area contributed by atoms with E-state index in [1.54, 1.807) is 36.4 Å². The van der Waals surface area contributed by atoms with Crippen molar-refractivity contribution < 1.29 is 12.8 Å². The molecule has 0 N–H and O–H groups in total. The zero-order chi connectivity index (χ0) is 15.0. The normalized spacial score (nSPS) is 14.9. The van der Waals surface area contributed by atoms with Gasteiger partial charge in [0.05, 0.1) is 10.6 Å². The number of rotatable bonds is 2. The molecule has 0 fully saturated rings. The smallest absolute Gasteiger partial charge is 0.263 e. The molecule has 0 spiro atoms. The topological polar surface area (TPSA) is 37.4 Å². The molecule has 5 heteroatoms. The van der Waals surface area contributed by atoms with Crippen LogP contribution in [-0.4, -0.2) is 15.0 Å². The fraction of sp³-hybridized carbons (Fsp3) is 0.250. The second-order valence-electron chi connectivity index (χ2n) is 5.24. The monoisotopic (exact) mass is 305 g/mol. The predicted octanol–water partition coefficient (Wildman–Crippen LogP) is 3.28. The van der Waals surface area contributed by atoms with Crippen molar-refractivity contribution in [2.24, 2.45) is 0 Å². The van der Waals surface area contributed by atoms with Gasteiger partial charge in [-0.15, -0.1) is 0 Å². The highest BCUT2D eigenvalue weighted by molar-refractivity contribution is 7.92. The number of nitrogens with zero attached hydrogens (tertiary/aromatic N) is 1. The van der Waals surface area contributed by atoms with Crippen LogP contribution in [0.5, 0.6) is 0 Å². The van der Waals surface area contributed by atoms with E-state index in [-0.39, 0.29) is 10.6 Å². The van der Waals surface area contributed by atoms with Gasteiger partial charge in [0.1, 0.15) is 5.82 Å². The summed E-state index contributed by atoms with van der Waals surface area (Å²) in [7, 11) is -3.72. The SMILES string of the molecule is Cc1ccc(S(=O)(=O)N2CCCc3cccc(F)c32)cc1. The van der Waals surface area contributed by atoms with Gasteiger partial charge in [-0.1, -0.05) is 29.8 Å². The van der Waals surface area contributed by atoms with E-state index in [1.165, 1.54) is 10.4 Å². The molecule has 3 nitrogen and oxygen atoms in total. The maximum Gasteiger partial charge on any atom is 0.264 e. The van der Waals surface area contributed by atoms with Crippen LogP contribution < -0.4 is 4.31 Å². The van der Waals surface area contributed by atoms with E-state index in [0.717, 1.165) is 11.1 Å². The van der Waals surface area contributed by atoms with Crippen LogP contribution in [0.1, 0.15) is 17.5 Å². The van der Waals surface area contributed by atoms with E-state index in [2.05, 4.69) is 0 Å². The van der Waals surface area contributed by atoms with Gasteiger partial charge in [0.15, 0.2) is 0 Å². The lowest BCUT2D eigenvalue weighted by Gasteiger charge is -2.30. The highest BCUT2D eigenvalue weighted by Gasteiger charge is 2.31. The van der Waals surface area contributed by atoms with Crippen LogP contribution in [0.4, 0.5) is 10.1 Å². The number of anilines is 1. The summed E-state index contributed by atoms with van der Waals surface area (Å²) in [5.74, 6) is -0.483. The van der Waals surface area contributed by atoms with Crippen LogP contribution in [0.15, 0.2) is 47.4 Å². The molecule has 2 aromatic rings. The van der Waals surface area contributed by atoms with Crippen LogP contribution in [0.25, 0.3) is 0 Å². The lowest BCUT2D eigenvalue weighted by molar-refractivity contribution is 0.577. The Morgan fingerprint density at radius 3 is 2.52 bits per heavy atom. The molecule has 0 amide bonds. The summed E-state index contributed by atoms with van der Waals surface area (Å²) in [5.41, 5.74) is 1.93. The molecule has 0 atom stereocenters. The largest absolute Gasteiger partial charge is 0.264 e. The maximum atomic E-state index is 14.1. The molecule has 2 aromatic carbocycles. The predicted molar refractivity (Wildman–Crippen MR) is 80.4 cm³/mol. The van der Waals surface area contributed by atoms with E-state index >= 15 is 0 Å².